The summed E-state index contributed by atoms with van der Waals surface area (Å²) < 4.78 is 0. The molecule has 0 atom stereocenters. The highest BCUT2D eigenvalue weighted by molar-refractivity contribution is 6.19. The second-order valence-corrected chi connectivity index (χ2v) is 3.75. The van der Waals surface area contributed by atoms with Crippen LogP contribution in [0.2, 0.25) is 0 Å². The van der Waals surface area contributed by atoms with Crippen molar-refractivity contribution in [2.75, 3.05) is 5.88 Å². The smallest absolute Gasteiger partial charge is 0.0434 e. The molecule has 0 unspecified atom stereocenters. The van der Waals surface area contributed by atoms with Crippen LogP contribution >= 0.6 is 11.6 Å². The molecule has 0 fully saturated rings. The van der Waals surface area contributed by atoms with E-state index in [9.17, 15) is 0 Å². The van der Waals surface area contributed by atoms with Crippen molar-refractivity contribution in [3.05, 3.63) is 40.5 Å². The number of benzene rings is 1. The van der Waals surface area contributed by atoms with Gasteiger partial charge in [0.2, 0.25) is 0 Å². The lowest BCUT2D eigenvalue weighted by atomic mass is 10.0. The second-order valence-electron chi connectivity index (χ2n) is 3.48. The SMILES string of the molecule is C/C(=C/c1ccc(C)cc1C)CCl. The fourth-order valence-electron chi connectivity index (χ4n) is 1.29. The highest BCUT2D eigenvalue weighted by Crippen LogP contribution is 2.14. The van der Waals surface area contributed by atoms with E-state index in [0.717, 1.165) is 0 Å². The van der Waals surface area contributed by atoms with Gasteiger partial charge in [-0.05, 0) is 31.9 Å². The van der Waals surface area contributed by atoms with Crippen molar-refractivity contribution in [2.24, 2.45) is 0 Å². The van der Waals surface area contributed by atoms with Crippen LogP contribution in [0.3, 0.4) is 0 Å². The summed E-state index contributed by atoms with van der Waals surface area (Å²) >= 11 is 5.72. The summed E-state index contributed by atoms with van der Waals surface area (Å²) in [5.41, 5.74) is 5.08. The molecule has 1 aromatic rings. The summed E-state index contributed by atoms with van der Waals surface area (Å²) in [4.78, 5) is 0. The van der Waals surface area contributed by atoms with Crippen molar-refractivity contribution >= 4 is 17.7 Å². The summed E-state index contributed by atoms with van der Waals surface area (Å²) in [5, 5.41) is 0. The molecule has 0 saturated heterocycles. The van der Waals surface area contributed by atoms with Crippen LogP contribution in [0.15, 0.2) is 23.8 Å². The van der Waals surface area contributed by atoms with Crippen molar-refractivity contribution in [3.63, 3.8) is 0 Å². The first-order valence-electron chi connectivity index (χ1n) is 4.44. The molecule has 0 radical (unpaired) electrons. The molecule has 13 heavy (non-hydrogen) atoms. The van der Waals surface area contributed by atoms with E-state index < -0.39 is 0 Å². The Bertz CT molecular complexity index is 324. The molecule has 0 amide bonds. The lowest BCUT2D eigenvalue weighted by Crippen LogP contribution is -1.84. The van der Waals surface area contributed by atoms with E-state index in [4.69, 9.17) is 11.6 Å². The maximum absolute atomic E-state index is 5.72. The van der Waals surface area contributed by atoms with Crippen molar-refractivity contribution in [3.8, 4) is 0 Å². The molecule has 0 saturated carbocycles. The Morgan fingerprint density at radius 3 is 2.62 bits per heavy atom. The van der Waals surface area contributed by atoms with E-state index in [1.165, 1.54) is 22.3 Å². The van der Waals surface area contributed by atoms with Gasteiger partial charge in [0, 0.05) is 5.88 Å². The largest absolute Gasteiger partial charge is 0.122 e. The Morgan fingerprint density at radius 1 is 1.38 bits per heavy atom. The van der Waals surface area contributed by atoms with Gasteiger partial charge in [-0.15, -0.1) is 11.6 Å². The van der Waals surface area contributed by atoms with Gasteiger partial charge >= 0.3 is 0 Å². The molecule has 1 rings (SSSR count). The van der Waals surface area contributed by atoms with Gasteiger partial charge < -0.3 is 0 Å². The monoisotopic (exact) mass is 194 g/mol. The number of hydrogen-bond donors (Lipinski definition) is 0. The minimum Gasteiger partial charge on any atom is -0.122 e. The number of alkyl halides is 1. The minimum absolute atomic E-state index is 0.604. The zero-order valence-corrected chi connectivity index (χ0v) is 9.15. The summed E-state index contributed by atoms with van der Waals surface area (Å²) in [6.45, 7) is 6.28. The topological polar surface area (TPSA) is 0 Å². The lowest BCUT2D eigenvalue weighted by Gasteiger charge is -2.02. The molecule has 0 heterocycles. The Hall–Kier alpha value is -0.750. The van der Waals surface area contributed by atoms with Crippen LogP contribution in [-0.2, 0) is 0 Å². The number of halogens is 1. The van der Waals surface area contributed by atoms with Gasteiger partial charge in [-0.3, -0.25) is 0 Å². The highest BCUT2D eigenvalue weighted by Gasteiger charge is 1.95. The van der Waals surface area contributed by atoms with E-state index in [0.29, 0.717) is 5.88 Å². The molecular weight excluding hydrogens is 180 g/mol. The van der Waals surface area contributed by atoms with Gasteiger partial charge in [0.25, 0.3) is 0 Å². The third-order valence-electron chi connectivity index (χ3n) is 2.04. The second kappa shape index (κ2) is 4.48. The molecule has 70 valence electrons. The van der Waals surface area contributed by atoms with Crippen molar-refractivity contribution in [1.82, 2.24) is 0 Å². The molecule has 0 aliphatic rings. The lowest BCUT2D eigenvalue weighted by molar-refractivity contribution is 1.35. The predicted molar refractivity (Wildman–Crippen MR) is 60.3 cm³/mol. The Balaban J connectivity index is 3.03. The summed E-state index contributed by atoms with van der Waals surface area (Å²) in [6.07, 6.45) is 2.14. The Labute approximate surface area is 85.2 Å². The van der Waals surface area contributed by atoms with Crippen molar-refractivity contribution < 1.29 is 0 Å². The van der Waals surface area contributed by atoms with Gasteiger partial charge in [-0.1, -0.05) is 35.4 Å². The minimum atomic E-state index is 0.604. The molecule has 0 spiro atoms. The molecule has 0 aliphatic carbocycles. The normalized spacial score (nSPS) is 11.8. The average Bonchev–Trinajstić information content (AvgIpc) is 2.09. The van der Waals surface area contributed by atoms with E-state index in [2.05, 4.69) is 38.1 Å². The fourth-order valence-corrected chi connectivity index (χ4v) is 1.37. The van der Waals surface area contributed by atoms with Crippen molar-refractivity contribution in [2.45, 2.75) is 20.8 Å². The molecule has 1 aromatic carbocycles. The molecule has 0 N–H and O–H groups in total. The van der Waals surface area contributed by atoms with Gasteiger partial charge in [-0.25, -0.2) is 0 Å². The van der Waals surface area contributed by atoms with E-state index in [1.807, 2.05) is 6.92 Å². The molecule has 0 aliphatic heterocycles. The molecule has 0 aromatic heterocycles. The van der Waals surface area contributed by atoms with Crippen LogP contribution in [0.1, 0.15) is 23.6 Å². The number of aryl methyl sites for hydroxylation is 2. The first-order valence-corrected chi connectivity index (χ1v) is 4.97. The first kappa shape index (κ1) is 10.3. The van der Waals surface area contributed by atoms with Gasteiger partial charge in [0.05, 0.1) is 0 Å². The number of hydrogen-bond acceptors (Lipinski definition) is 0. The Kier molecular flexibility index (Phi) is 3.56. The third-order valence-corrected chi connectivity index (χ3v) is 2.46. The first-order chi connectivity index (χ1) is 6.13. The van der Waals surface area contributed by atoms with Crippen LogP contribution in [0.4, 0.5) is 0 Å². The van der Waals surface area contributed by atoms with Gasteiger partial charge in [0.1, 0.15) is 0 Å². The van der Waals surface area contributed by atoms with Crippen molar-refractivity contribution in [1.29, 1.82) is 0 Å². The van der Waals surface area contributed by atoms with Crippen LogP contribution in [0.25, 0.3) is 6.08 Å². The molecule has 0 bridgehead atoms. The van der Waals surface area contributed by atoms with Gasteiger partial charge in [-0.2, -0.15) is 0 Å². The number of allylic oxidation sites excluding steroid dienone is 1. The van der Waals surface area contributed by atoms with E-state index >= 15 is 0 Å². The maximum atomic E-state index is 5.72. The maximum Gasteiger partial charge on any atom is 0.0434 e. The molecule has 1 heteroatoms. The zero-order valence-electron chi connectivity index (χ0n) is 8.39. The van der Waals surface area contributed by atoms with Crippen LogP contribution < -0.4 is 0 Å². The van der Waals surface area contributed by atoms with Gasteiger partial charge in [0.15, 0.2) is 0 Å². The highest BCUT2D eigenvalue weighted by atomic mass is 35.5. The zero-order chi connectivity index (χ0) is 9.84. The number of rotatable bonds is 2. The van der Waals surface area contributed by atoms with Crippen LogP contribution in [0.5, 0.6) is 0 Å². The van der Waals surface area contributed by atoms with Crippen LogP contribution in [-0.4, -0.2) is 5.88 Å². The van der Waals surface area contributed by atoms with Crippen LogP contribution in [0, 0.1) is 13.8 Å². The van der Waals surface area contributed by atoms with E-state index in [-0.39, 0.29) is 0 Å². The summed E-state index contributed by atoms with van der Waals surface area (Å²) in [7, 11) is 0. The summed E-state index contributed by atoms with van der Waals surface area (Å²) in [6, 6.07) is 6.45. The average molecular weight is 195 g/mol. The standard InChI is InChI=1S/C12H15Cl/c1-9-4-5-12(11(3)6-9)7-10(2)8-13/h4-7H,8H2,1-3H3/b10-7-. The Morgan fingerprint density at radius 2 is 2.08 bits per heavy atom. The summed E-state index contributed by atoms with van der Waals surface area (Å²) in [5.74, 6) is 0.604. The molecule has 0 nitrogen and oxygen atoms in total. The third kappa shape index (κ3) is 2.89. The fraction of sp³-hybridized carbons (Fsp3) is 0.333. The quantitative estimate of drug-likeness (QED) is 0.626. The predicted octanol–water partition coefficient (Wildman–Crippen LogP) is 3.95. The van der Waals surface area contributed by atoms with E-state index in [1.54, 1.807) is 0 Å². The molecular formula is C12H15Cl.